The lowest BCUT2D eigenvalue weighted by Gasteiger charge is -2.21. The second kappa shape index (κ2) is 6.13. The van der Waals surface area contributed by atoms with Gasteiger partial charge in [-0.3, -0.25) is 0 Å². The summed E-state index contributed by atoms with van der Waals surface area (Å²) in [6, 6.07) is 8.20. The van der Waals surface area contributed by atoms with E-state index in [4.69, 9.17) is 26.8 Å². The van der Waals surface area contributed by atoms with Gasteiger partial charge >= 0.3 is 0 Å². The second-order valence-corrected chi connectivity index (χ2v) is 6.16. The van der Waals surface area contributed by atoms with E-state index < -0.39 is 0 Å². The molecule has 3 rings (SSSR count). The van der Waals surface area contributed by atoms with Gasteiger partial charge in [0.1, 0.15) is 11.6 Å². The Balaban J connectivity index is 1.83. The van der Waals surface area contributed by atoms with Gasteiger partial charge in [0.25, 0.3) is 0 Å². The van der Waals surface area contributed by atoms with Crippen molar-refractivity contribution < 1.29 is 13.9 Å². The molecule has 0 spiro atoms. The molecule has 0 amide bonds. The number of nitrogens with two attached hydrogens (primary N) is 1. The Morgan fingerprint density at radius 2 is 2.10 bits per heavy atom. The quantitative estimate of drug-likeness (QED) is 0.678. The highest BCUT2D eigenvalue weighted by Crippen LogP contribution is 2.35. The first kappa shape index (κ1) is 14.5. The third-order valence-corrected chi connectivity index (χ3v) is 4.28. The molecule has 0 radical (unpaired) electrons. The van der Waals surface area contributed by atoms with Gasteiger partial charge in [-0.1, -0.05) is 11.6 Å². The molecule has 110 valence electrons. The van der Waals surface area contributed by atoms with Crippen molar-refractivity contribution in [3.8, 4) is 5.75 Å². The number of nitrogen functional groups attached to an aromatic ring is 1. The number of hydrogen-bond acceptors (Lipinski definition) is 4. The molecule has 0 unspecified atom stereocenters. The fourth-order valence-electron chi connectivity index (χ4n) is 2.19. The molecule has 2 N–H and O–H groups in total. The molecule has 2 aromatic rings. The molecule has 6 heteroatoms. The van der Waals surface area contributed by atoms with Gasteiger partial charge < -0.3 is 15.2 Å². The Bertz CT molecular complexity index is 661. The zero-order valence-electron chi connectivity index (χ0n) is 11.1. The van der Waals surface area contributed by atoms with E-state index >= 15 is 0 Å². The minimum Gasteiger partial charge on any atom is -0.467 e. The van der Waals surface area contributed by atoms with E-state index in [2.05, 4.69) is 0 Å². The SMILES string of the molecule is Nc1cc(F)cc(SCc2cc(Cl)cc3c2OCOC3)c1. The van der Waals surface area contributed by atoms with E-state index in [1.165, 1.54) is 23.9 Å². The summed E-state index contributed by atoms with van der Waals surface area (Å²) >= 11 is 7.60. The Morgan fingerprint density at radius 1 is 1.24 bits per heavy atom. The number of halogens is 2. The molecule has 0 aromatic heterocycles. The smallest absolute Gasteiger partial charge is 0.189 e. The molecular weight excluding hydrogens is 313 g/mol. The van der Waals surface area contributed by atoms with Crippen LogP contribution in [0.5, 0.6) is 5.75 Å². The Hall–Kier alpha value is -1.43. The molecule has 0 saturated heterocycles. The van der Waals surface area contributed by atoms with Crippen LogP contribution in [-0.2, 0) is 17.1 Å². The van der Waals surface area contributed by atoms with Crippen LogP contribution in [0.3, 0.4) is 0 Å². The first-order chi connectivity index (χ1) is 10.1. The molecule has 21 heavy (non-hydrogen) atoms. The average molecular weight is 326 g/mol. The third-order valence-electron chi connectivity index (χ3n) is 3.04. The van der Waals surface area contributed by atoms with Crippen LogP contribution in [0.1, 0.15) is 11.1 Å². The van der Waals surface area contributed by atoms with Gasteiger partial charge in [0, 0.05) is 32.5 Å². The number of fused-ring (bicyclic) bond motifs is 1. The Kier molecular flexibility index (Phi) is 4.24. The molecular formula is C15H13ClFNO2S. The minimum atomic E-state index is -0.338. The third kappa shape index (κ3) is 3.43. The van der Waals surface area contributed by atoms with Crippen LogP contribution in [0.2, 0.25) is 5.02 Å². The number of ether oxygens (including phenoxy) is 2. The van der Waals surface area contributed by atoms with Crippen LogP contribution in [0, 0.1) is 5.82 Å². The summed E-state index contributed by atoms with van der Waals surface area (Å²) in [5.74, 6) is 1.09. The van der Waals surface area contributed by atoms with Gasteiger partial charge in [-0.2, -0.15) is 0 Å². The van der Waals surface area contributed by atoms with Crippen LogP contribution < -0.4 is 10.5 Å². The van der Waals surface area contributed by atoms with Gasteiger partial charge in [0.05, 0.1) is 6.61 Å². The van der Waals surface area contributed by atoms with Crippen LogP contribution >= 0.6 is 23.4 Å². The summed E-state index contributed by atoms with van der Waals surface area (Å²) in [7, 11) is 0. The summed E-state index contributed by atoms with van der Waals surface area (Å²) < 4.78 is 24.1. The zero-order chi connectivity index (χ0) is 14.8. The fraction of sp³-hybridized carbons (Fsp3) is 0.200. The number of rotatable bonds is 3. The molecule has 2 aromatic carbocycles. The van der Waals surface area contributed by atoms with Crippen molar-refractivity contribution in [2.45, 2.75) is 17.3 Å². The second-order valence-electron chi connectivity index (χ2n) is 4.67. The van der Waals surface area contributed by atoms with E-state index in [1.807, 2.05) is 12.1 Å². The molecule has 0 atom stereocenters. The van der Waals surface area contributed by atoms with Crippen LogP contribution in [-0.4, -0.2) is 6.79 Å². The van der Waals surface area contributed by atoms with Gasteiger partial charge in [-0.15, -0.1) is 11.8 Å². The molecule has 1 heterocycles. The zero-order valence-corrected chi connectivity index (χ0v) is 12.6. The van der Waals surface area contributed by atoms with Gasteiger partial charge in [0.2, 0.25) is 0 Å². The van der Waals surface area contributed by atoms with Crippen molar-refractivity contribution >= 4 is 29.1 Å². The van der Waals surface area contributed by atoms with Crippen molar-refractivity contribution in [1.82, 2.24) is 0 Å². The topological polar surface area (TPSA) is 44.5 Å². The summed E-state index contributed by atoms with van der Waals surface area (Å²) in [5, 5.41) is 0.636. The monoisotopic (exact) mass is 325 g/mol. The molecule has 0 saturated carbocycles. The number of thioether (sulfide) groups is 1. The van der Waals surface area contributed by atoms with Gasteiger partial charge in [-0.05, 0) is 30.3 Å². The lowest BCUT2D eigenvalue weighted by Crippen LogP contribution is -2.12. The maximum absolute atomic E-state index is 13.3. The van der Waals surface area contributed by atoms with Crippen molar-refractivity contribution in [3.63, 3.8) is 0 Å². The lowest BCUT2D eigenvalue weighted by molar-refractivity contribution is -0.0168. The van der Waals surface area contributed by atoms with Crippen molar-refractivity contribution in [2.24, 2.45) is 0 Å². The van der Waals surface area contributed by atoms with Crippen LogP contribution in [0.25, 0.3) is 0 Å². The largest absolute Gasteiger partial charge is 0.467 e. The first-order valence-electron chi connectivity index (χ1n) is 6.32. The van der Waals surface area contributed by atoms with E-state index in [9.17, 15) is 4.39 Å². The first-order valence-corrected chi connectivity index (χ1v) is 7.69. The van der Waals surface area contributed by atoms with E-state index in [0.29, 0.717) is 23.1 Å². The van der Waals surface area contributed by atoms with Crippen LogP contribution in [0.15, 0.2) is 35.2 Å². The summed E-state index contributed by atoms with van der Waals surface area (Å²) in [6.07, 6.45) is 0. The highest BCUT2D eigenvalue weighted by atomic mass is 35.5. The Labute approximate surface area is 131 Å². The standard InChI is InChI=1S/C15H13ClFNO2S/c16-11-1-9-6-19-8-20-15(9)10(2-11)7-21-14-4-12(17)3-13(18)5-14/h1-5H,6-8,18H2. The summed E-state index contributed by atoms with van der Waals surface area (Å²) in [6.45, 7) is 0.722. The number of benzene rings is 2. The van der Waals surface area contributed by atoms with Crippen molar-refractivity contribution in [3.05, 3.63) is 52.3 Å². The maximum Gasteiger partial charge on any atom is 0.189 e. The predicted molar refractivity (Wildman–Crippen MR) is 82.1 cm³/mol. The van der Waals surface area contributed by atoms with Gasteiger partial charge in [-0.25, -0.2) is 4.39 Å². The number of anilines is 1. The maximum atomic E-state index is 13.3. The van der Waals surface area contributed by atoms with E-state index in [1.54, 1.807) is 6.07 Å². The Morgan fingerprint density at radius 3 is 2.90 bits per heavy atom. The molecule has 0 aliphatic carbocycles. The molecule has 1 aliphatic heterocycles. The van der Waals surface area contributed by atoms with E-state index in [-0.39, 0.29) is 12.6 Å². The van der Waals surface area contributed by atoms with E-state index in [0.717, 1.165) is 21.8 Å². The van der Waals surface area contributed by atoms with Crippen molar-refractivity contribution in [1.29, 1.82) is 0 Å². The molecule has 0 fully saturated rings. The summed E-state index contributed by atoms with van der Waals surface area (Å²) in [5.41, 5.74) is 7.96. The number of hydrogen-bond donors (Lipinski definition) is 1. The van der Waals surface area contributed by atoms with Gasteiger partial charge in [0.15, 0.2) is 6.79 Å². The fourth-order valence-corrected chi connectivity index (χ4v) is 3.41. The summed E-state index contributed by atoms with van der Waals surface area (Å²) in [4.78, 5) is 0.772. The lowest BCUT2D eigenvalue weighted by atomic mass is 10.1. The molecule has 1 aliphatic rings. The highest BCUT2D eigenvalue weighted by Gasteiger charge is 2.16. The average Bonchev–Trinajstić information content (AvgIpc) is 2.43. The predicted octanol–water partition coefficient (Wildman–Crippen LogP) is 4.22. The highest BCUT2D eigenvalue weighted by molar-refractivity contribution is 7.98. The normalized spacial score (nSPS) is 13.6. The molecule has 0 bridgehead atoms. The molecule has 3 nitrogen and oxygen atoms in total. The van der Waals surface area contributed by atoms with Crippen LogP contribution in [0.4, 0.5) is 10.1 Å². The van der Waals surface area contributed by atoms with Crippen molar-refractivity contribution in [2.75, 3.05) is 12.5 Å². The minimum absolute atomic E-state index is 0.235.